The van der Waals surface area contributed by atoms with Crippen molar-refractivity contribution in [3.05, 3.63) is 64.2 Å². The lowest BCUT2D eigenvalue weighted by Gasteiger charge is -2.12. The minimum Gasteiger partial charge on any atom is -0.326 e. The Morgan fingerprint density at radius 2 is 1.66 bits per heavy atom. The van der Waals surface area contributed by atoms with Crippen LogP contribution in [-0.4, -0.2) is 22.8 Å². The Kier molecular flexibility index (Phi) is 8.11. The summed E-state index contributed by atoms with van der Waals surface area (Å²) >= 11 is 10.9. The van der Waals surface area contributed by atoms with Crippen molar-refractivity contribution in [2.45, 2.75) is 26.7 Å². The second-order valence-corrected chi connectivity index (χ2v) is 7.12. The molecule has 2 aromatic carbocycles. The molecule has 0 spiro atoms. The topological polar surface area (TPSA) is 99.3 Å². The van der Waals surface area contributed by atoms with Gasteiger partial charge in [0.15, 0.2) is 5.11 Å². The maximum absolute atomic E-state index is 12.1. The van der Waals surface area contributed by atoms with Crippen molar-refractivity contribution in [1.82, 2.24) is 16.2 Å². The van der Waals surface area contributed by atoms with Crippen LogP contribution in [0.3, 0.4) is 0 Å². The zero-order valence-electron chi connectivity index (χ0n) is 16.0. The van der Waals surface area contributed by atoms with Crippen LogP contribution in [0.4, 0.5) is 5.69 Å². The van der Waals surface area contributed by atoms with Crippen LogP contribution < -0.4 is 21.5 Å². The number of halogens is 1. The maximum atomic E-state index is 12.1. The van der Waals surface area contributed by atoms with Crippen molar-refractivity contribution < 1.29 is 14.4 Å². The lowest BCUT2D eigenvalue weighted by Crippen LogP contribution is -2.48. The van der Waals surface area contributed by atoms with Gasteiger partial charge >= 0.3 is 0 Å². The number of carbonyl (C=O) groups is 3. The van der Waals surface area contributed by atoms with E-state index in [1.54, 1.807) is 24.3 Å². The average molecular weight is 433 g/mol. The molecule has 2 aromatic rings. The van der Waals surface area contributed by atoms with E-state index in [-0.39, 0.29) is 34.4 Å². The molecule has 0 aliphatic rings. The van der Waals surface area contributed by atoms with Crippen LogP contribution in [-0.2, 0) is 9.59 Å². The van der Waals surface area contributed by atoms with E-state index in [0.29, 0.717) is 0 Å². The van der Waals surface area contributed by atoms with Gasteiger partial charge in [0, 0.05) is 18.5 Å². The van der Waals surface area contributed by atoms with E-state index in [9.17, 15) is 14.4 Å². The number of hydrogen-bond acceptors (Lipinski definition) is 4. The fraction of sp³-hybridized carbons (Fsp3) is 0.200. The molecule has 3 amide bonds. The van der Waals surface area contributed by atoms with Crippen molar-refractivity contribution in [2.75, 3.05) is 5.32 Å². The molecule has 7 nitrogen and oxygen atoms in total. The van der Waals surface area contributed by atoms with Gasteiger partial charge in [-0.3, -0.25) is 30.6 Å². The first-order chi connectivity index (χ1) is 13.8. The summed E-state index contributed by atoms with van der Waals surface area (Å²) in [4.78, 5) is 36.0. The number of nitrogens with one attached hydrogen (secondary N) is 4. The van der Waals surface area contributed by atoms with Crippen molar-refractivity contribution in [1.29, 1.82) is 0 Å². The van der Waals surface area contributed by atoms with Crippen LogP contribution in [0.2, 0.25) is 5.02 Å². The number of anilines is 1. The number of hydrogen-bond donors (Lipinski definition) is 4. The highest BCUT2D eigenvalue weighted by Crippen LogP contribution is 2.16. The van der Waals surface area contributed by atoms with Crippen LogP contribution in [0, 0.1) is 13.8 Å². The second kappa shape index (κ2) is 10.5. The first-order valence-electron chi connectivity index (χ1n) is 8.78. The van der Waals surface area contributed by atoms with E-state index in [4.69, 9.17) is 23.8 Å². The summed E-state index contributed by atoms with van der Waals surface area (Å²) in [5.74, 6) is -1.23. The summed E-state index contributed by atoms with van der Waals surface area (Å²) in [6, 6.07) is 12.2. The third-order valence-corrected chi connectivity index (χ3v) is 4.44. The maximum Gasteiger partial charge on any atom is 0.258 e. The Bertz CT molecular complexity index is 949. The van der Waals surface area contributed by atoms with E-state index in [2.05, 4.69) is 21.5 Å². The lowest BCUT2D eigenvalue weighted by atomic mass is 10.1. The van der Waals surface area contributed by atoms with Gasteiger partial charge in [-0.2, -0.15) is 0 Å². The zero-order chi connectivity index (χ0) is 21.4. The SMILES string of the molecule is Cc1ccc(C)c(NC(=O)CCC(=O)NNC(=S)NC(=O)c2ccccc2Cl)c1. The van der Waals surface area contributed by atoms with Crippen molar-refractivity contribution in [3.63, 3.8) is 0 Å². The minimum absolute atomic E-state index is 0.000358. The smallest absolute Gasteiger partial charge is 0.258 e. The molecule has 0 saturated carbocycles. The molecule has 0 saturated heterocycles. The van der Waals surface area contributed by atoms with E-state index >= 15 is 0 Å². The van der Waals surface area contributed by atoms with Crippen LogP contribution in [0.1, 0.15) is 34.3 Å². The summed E-state index contributed by atoms with van der Waals surface area (Å²) in [5, 5.41) is 5.38. The van der Waals surface area contributed by atoms with Gasteiger partial charge in [-0.1, -0.05) is 35.9 Å². The Morgan fingerprint density at radius 3 is 2.38 bits per heavy atom. The summed E-state index contributed by atoms with van der Waals surface area (Å²) in [5.41, 5.74) is 7.70. The molecule has 0 aliphatic heterocycles. The Balaban J connectivity index is 1.73. The molecule has 0 radical (unpaired) electrons. The van der Waals surface area contributed by atoms with Gasteiger partial charge in [-0.15, -0.1) is 0 Å². The zero-order valence-corrected chi connectivity index (χ0v) is 17.5. The molecule has 0 bridgehead atoms. The number of thiocarbonyl (C=S) groups is 1. The van der Waals surface area contributed by atoms with Gasteiger partial charge in [-0.05, 0) is 55.4 Å². The van der Waals surface area contributed by atoms with Gasteiger partial charge < -0.3 is 5.32 Å². The van der Waals surface area contributed by atoms with Gasteiger partial charge in [0.25, 0.3) is 5.91 Å². The molecule has 0 fully saturated rings. The molecule has 0 heterocycles. The monoisotopic (exact) mass is 432 g/mol. The molecule has 0 aromatic heterocycles. The first-order valence-corrected chi connectivity index (χ1v) is 9.56. The number of aryl methyl sites for hydroxylation is 2. The summed E-state index contributed by atoms with van der Waals surface area (Å²) in [6.45, 7) is 3.82. The second-order valence-electron chi connectivity index (χ2n) is 6.30. The molecule has 9 heteroatoms. The van der Waals surface area contributed by atoms with E-state index < -0.39 is 11.8 Å². The predicted molar refractivity (Wildman–Crippen MR) is 117 cm³/mol. The summed E-state index contributed by atoms with van der Waals surface area (Å²) in [7, 11) is 0. The quantitative estimate of drug-likeness (QED) is 0.430. The number of rotatable bonds is 5. The third-order valence-electron chi connectivity index (χ3n) is 3.91. The van der Waals surface area contributed by atoms with E-state index in [1.807, 2.05) is 32.0 Å². The molecular formula is C20H21ClN4O3S. The lowest BCUT2D eigenvalue weighted by molar-refractivity contribution is -0.124. The molecule has 2 rings (SSSR count). The van der Waals surface area contributed by atoms with Crippen molar-refractivity contribution >= 4 is 52.3 Å². The minimum atomic E-state index is -0.504. The number of benzene rings is 2. The van der Waals surface area contributed by atoms with Gasteiger partial charge in [0.2, 0.25) is 11.8 Å². The average Bonchev–Trinajstić information content (AvgIpc) is 2.68. The molecular weight excluding hydrogens is 412 g/mol. The molecule has 4 N–H and O–H groups in total. The molecule has 152 valence electrons. The summed E-state index contributed by atoms with van der Waals surface area (Å²) < 4.78 is 0. The normalized spacial score (nSPS) is 10.0. The van der Waals surface area contributed by atoms with E-state index in [1.165, 1.54) is 0 Å². The van der Waals surface area contributed by atoms with Crippen molar-refractivity contribution in [3.8, 4) is 0 Å². The number of carbonyl (C=O) groups excluding carboxylic acids is 3. The highest BCUT2D eigenvalue weighted by molar-refractivity contribution is 7.80. The Labute approximate surface area is 179 Å². The fourth-order valence-corrected chi connectivity index (χ4v) is 2.71. The predicted octanol–water partition coefficient (Wildman–Crippen LogP) is 3.01. The van der Waals surface area contributed by atoms with Crippen LogP contribution in [0.5, 0.6) is 0 Å². The Hall–Kier alpha value is -2.97. The largest absolute Gasteiger partial charge is 0.326 e. The molecule has 0 aliphatic carbocycles. The fourth-order valence-electron chi connectivity index (χ4n) is 2.35. The van der Waals surface area contributed by atoms with Gasteiger partial charge in [0.05, 0.1) is 10.6 Å². The highest BCUT2D eigenvalue weighted by atomic mass is 35.5. The Morgan fingerprint density at radius 1 is 0.966 bits per heavy atom. The summed E-state index contributed by atoms with van der Waals surface area (Å²) in [6.07, 6.45) is -0.0512. The third kappa shape index (κ3) is 7.17. The standard InChI is InChI=1S/C20H21ClN4O3S/c1-12-7-8-13(2)16(11-12)22-17(26)9-10-18(27)24-25-20(29)23-19(28)14-5-3-4-6-15(14)21/h3-8,11H,9-10H2,1-2H3,(H,22,26)(H,24,27)(H2,23,25,28,29). The van der Waals surface area contributed by atoms with E-state index in [0.717, 1.165) is 16.8 Å². The molecule has 0 unspecified atom stereocenters. The van der Waals surface area contributed by atoms with Crippen molar-refractivity contribution in [2.24, 2.45) is 0 Å². The van der Waals surface area contributed by atoms with Crippen LogP contribution >= 0.6 is 23.8 Å². The first kappa shape index (κ1) is 22.3. The number of amides is 3. The van der Waals surface area contributed by atoms with Crippen LogP contribution in [0.25, 0.3) is 0 Å². The number of hydrazine groups is 1. The van der Waals surface area contributed by atoms with Crippen LogP contribution in [0.15, 0.2) is 42.5 Å². The van der Waals surface area contributed by atoms with Gasteiger partial charge in [0.1, 0.15) is 0 Å². The van der Waals surface area contributed by atoms with Gasteiger partial charge in [-0.25, -0.2) is 0 Å². The molecule has 29 heavy (non-hydrogen) atoms. The molecule has 0 atom stereocenters. The highest BCUT2D eigenvalue weighted by Gasteiger charge is 2.12.